The summed E-state index contributed by atoms with van der Waals surface area (Å²) in [7, 11) is 0. The van der Waals surface area contributed by atoms with Gasteiger partial charge < -0.3 is 20.5 Å². The predicted octanol–water partition coefficient (Wildman–Crippen LogP) is 4.10. The lowest BCUT2D eigenvalue weighted by Crippen LogP contribution is -2.31. The van der Waals surface area contributed by atoms with Crippen LogP contribution in [0.1, 0.15) is 60.2 Å². The molecule has 6 heteroatoms. The van der Waals surface area contributed by atoms with Crippen LogP contribution in [0.25, 0.3) is 0 Å². The molecule has 6 nitrogen and oxygen atoms in total. The Morgan fingerprint density at radius 3 is 2.36 bits per heavy atom. The van der Waals surface area contributed by atoms with Crippen molar-refractivity contribution in [2.24, 2.45) is 0 Å². The van der Waals surface area contributed by atoms with Crippen molar-refractivity contribution in [1.29, 1.82) is 0 Å². The molecule has 28 heavy (non-hydrogen) atoms. The first-order valence-corrected chi connectivity index (χ1v) is 9.64. The second-order valence-electron chi connectivity index (χ2n) is 7.36. The second kappa shape index (κ2) is 8.78. The molecule has 1 aliphatic carbocycles. The Hall–Kier alpha value is -3.02. The minimum Gasteiger partial charge on any atom is -0.508 e. The van der Waals surface area contributed by atoms with Gasteiger partial charge in [0.15, 0.2) is 0 Å². The number of phenols is 1. The number of benzene rings is 2. The summed E-state index contributed by atoms with van der Waals surface area (Å²) in [6, 6.07) is 11.2. The van der Waals surface area contributed by atoms with E-state index in [0.29, 0.717) is 11.3 Å². The number of hydrogen-bond acceptors (Lipinski definition) is 4. The highest BCUT2D eigenvalue weighted by molar-refractivity contribution is 6.09. The number of rotatable bonds is 6. The lowest BCUT2D eigenvalue weighted by atomic mass is 10.1. The minimum absolute atomic E-state index is 0.0414. The smallest absolute Gasteiger partial charge is 0.255 e. The SMILES string of the molecule is CC(C)NC(=O)c1cc(O)ccc1NC(=O)c1ccc(OC2CCCC2)cc1. The van der Waals surface area contributed by atoms with Gasteiger partial charge in [-0.2, -0.15) is 0 Å². The Bertz CT molecular complexity index is 840. The number of hydrogen-bond donors (Lipinski definition) is 3. The first kappa shape index (κ1) is 19.7. The number of aromatic hydroxyl groups is 1. The quantitative estimate of drug-likeness (QED) is 0.656. The summed E-state index contributed by atoms with van der Waals surface area (Å²) in [4.78, 5) is 25.0. The van der Waals surface area contributed by atoms with Gasteiger partial charge in [-0.3, -0.25) is 9.59 Å². The molecule has 3 N–H and O–H groups in total. The molecule has 0 spiro atoms. The molecule has 0 heterocycles. The monoisotopic (exact) mass is 382 g/mol. The van der Waals surface area contributed by atoms with Gasteiger partial charge >= 0.3 is 0 Å². The summed E-state index contributed by atoms with van der Waals surface area (Å²) in [5.74, 6) is 0.0172. The average molecular weight is 382 g/mol. The molecule has 2 aromatic carbocycles. The maximum atomic E-state index is 12.6. The van der Waals surface area contributed by atoms with Crippen LogP contribution in [-0.4, -0.2) is 29.1 Å². The van der Waals surface area contributed by atoms with E-state index in [1.54, 1.807) is 24.3 Å². The Morgan fingerprint density at radius 2 is 1.71 bits per heavy atom. The predicted molar refractivity (Wildman–Crippen MR) is 108 cm³/mol. The molecule has 0 aliphatic heterocycles. The largest absolute Gasteiger partial charge is 0.508 e. The summed E-state index contributed by atoms with van der Waals surface area (Å²) in [5.41, 5.74) is 1.01. The molecule has 1 aliphatic rings. The van der Waals surface area contributed by atoms with E-state index < -0.39 is 0 Å². The summed E-state index contributed by atoms with van der Waals surface area (Å²) in [6.45, 7) is 3.68. The third-order valence-electron chi connectivity index (χ3n) is 4.64. The molecular weight excluding hydrogens is 356 g/mol. The fraction of sp³-hybridized carbons (Fsp3) is 0.364. The van der Waals surface area contributed by atoms with E-state index in [1.807, 2.05) is 13.8 Å². The van der Waals surface area contributed by atoms with E-state index in [2.05, 4.69) is 10.6 Å². The van der Waals surface area contributed by atoms with E-state index in [1.165, 1.54) is 31.0 Å². The molecule has 2 amide bonds. The number of amides is 2. The maximum Gasteiger partial charge on any atom is 0.255 e. The fourth-order valence-corrected chi connectivity index (χ4v) is 3.25. The van der Waals surface area contributed by atoms with Crippen molar-refractivity contribution in [2.45, 2.75) is 51.7 Å². The first-order chi connectivity index (χ1) is 13.4. The molecule has 1 fully saturated rings. The zero-order valence-corrected chi connectivity index (χ0v) is 16.2. The molecule has 0 saturated heterocycles. The number of carbonyl (C=O) groups is 2. The molecule has 0 atom stereocenters. The number of carbonyl (C=O) groups excluding carboxylic acids is 2. The topological polar surface area (TPSA) is 87.7 Å². The van der Waals surface area contributed by atoms with E-state index in [-0.39, 0.29) is 35.3 Å². The Balaban J connectivity index is 1.71. The Labute approximate surface area is 164 Å². The lowest BCUT2D eigenvalue weighted by molar-refractivity contribution is 0.0943. The van der Waals surface area contributed by atoms with Crippen LogP contribution in [0.2, 0.25) is 0 Å². The van der Waals surface area contributed by atoms with Crippen molar-refractivity contribution in [3.8, 4) is 11.5 Å². The van der Waals surface area contributed by atoms with Gasteiger partial charge in [-0.25, -0.2) is 0 Å². The standard InChI is InChI=1S/C22H26N2O4/c1-14(2)23-22(27)19-13-16(25)9-12-20(19)24-21(26)15-7-10-18(11-8-15)28-17-5-3-4-6-17/h7-14,17,25H,3-6H2,1-2H3,(H,23,27)(H,24,26). The van der Waals surface area contributed by atoms with Gasteiger partial charge in [0.2, 0.25) is 0 Å². The van der Waals surface area contributed by atoms with E-state index in [4.69, 9.17) is 4.74 Å². The molecule has 0 radical (unpaired) electrons. The van der Waals surface area contributed by atoms with Crippen LogP contribution in [0.15, 0.2) is 42.5 Å². The zero-order valence-electron chi connectivity index (χ0n) is 16.2. The third kappa shape index (κ3) is 5.03. The van der Waals surface area contributed by atoms with Gasteiger partial charge in [-0.1, -0.05) is 0 Å². The summed E-state index contributed by atoms with van der Waals surface area (Å²) >= 11 is 0. The van der Waals surface area contributed by atoms with Crippen LogP contribution in [-0.2, 0) is 0 Å². The van der Waals surface area contributed by atoms with Crippen molar-refractivity contribution in [3.05, 3.63) is 53.6 Å². The van der Waals surface area contributed by atoms with Crippen LogP contribution in [0.5, 0.6) is 11.5 Å². The summed E-state index contributed by atoms with van der Waals surface area (Å²) < 4.78 is 5.92. The van der Waals surface area contributed by atoms with Crippen molar-refractivity contribution in [2.75, 3.05) is 5.32 Å². The molecule has 148 valence electrons. The van der Waals surface area contributed by atoms with Crippen LogP contribution >= 0.6 is 0 Å². The van der Waals surface area contributed by atoms with Gasteiger partial charge in [-0.15, -0.1) is 0 Å². The molecule has 3 rings (SSSR count). The number of anilines is 1. The Kier molecular flexibility index (Phi) is 6.19. The van der Waals surface area contributed by atoms with Crippen LogP contribution in [0.4, 0.5) is 5.69 Å². The molecular formula is C22H26N2O4. The maximum absolute atomic E-state index is 12.6. The van der Waals surface area contributed by atoms with Crippen molar-refractivity contribution >= 4 is 17.5 Å². The molecule has 1 saturated carbocycles. The number of ether oxygens (including phenoxy) is 1. The summed E-state index contributed by atoms with van der Waals surface area (Å²) in [5, 5.41) is 15.2. The van der Waals surface area contributed by atoms with Gasteiger partial charge in [0, 0.05) is 11.6 Å². The number of nitrogens with one attached hydrogen (secondary N) is 2. The van der Waals surface area contributed by atoms with Crippen molar-refractivity contribution in [3.63, 3.8) is 0 Å². The molecule has 2 aromatic rings. The average Bonchev–Trinajstić information content (AvgIpc) is 3.16. The highest BCUT2D eigenvalue weighted by Gasteiger charge is 2.18. The molecule has 0 bridgehead atoms. The zero-order chi connectivity index (χ0) is 20.1. The van der Waals surface area contributed by atoms with E-state index >= 15 is 0 Å². The van der Waals surface area contributed by atoms with Crippen LogP contribution in [0, 0.1) is 0 Å². The third-order valence-corrected chi connectivity index (χ3v) is 4.64. The van der Waals surface area contributed by atoms with Gasteiger partial charge in [0.05, 0.1) is 17.4 Å². The van der Waals surface area contributed by atoms with E-state index in [9.17, 15) is 14.7 Å². The van der Waals surface area contributed by atoms with Crippen molar-refractivity contribution in [1.82, 2.24) is 5.32 Å². The molecule has 0 aromatic heterocycles. The van der Waals surface area contributed by atoms with Gasteiger partial charge in [-0.05, 0) is 82.0 Å². The number of phenolic OH excluding ortho intramolecular Hbond substituents is 1. The highest BCUT2D eigenvalue weighted by Crippen LogP contribution is 2.25. The van der Waals surface area contributed by atoms with E-state index in [0.717, 1.165) is 18.6 Å². The summed E-state index contributed by atoms with van der Waals surface area (Å²) in [6.07, 6.45) is 4.81. The van der Waals surface area contributed by atoms with Crippen LogP contribution in [0.3, 0.4) is 0 Å². The minimum atomic E-state index is -0.360. The second-order valence-corrected chi connectivity index (χ2v) is 7.36. The Morgan fingerprint density at radius 1 is 1.04 bits per heavy atom. The first-order valence-electron chi connectivity index (χ1n) is 9.64. The van der Waals surface area contributed by atoms with Gasteiger partial charge in [0.1, 0.15) is 11.5 Å². The van der Waals surface area contributed by atoms with Crippen molar-refractivity contribution < 1.29 is 19.4 Å². The normalized spacial score (nSPS) is 14.1. The highest BCUT2D eigenvalue weighted by atomic mass is 16.5. The molecule has 0 unspecified atom stereocenters. The van der Waals surface area contributed by atoms with Gasteiger partial charge in [0.25, 0.3) is 11.8 Å². The fourth-order valence-electron chi connectivity index (χ4n) is 3.25. The lowest BCUT2D eigenvalue weighted by Gasteiger charge is -2.15. The van der Waals surface area contributed by atoms with Crippen LogP contribution < -0.4 is 15.4 Å².